The lowest BCUT2D eigenvalue weighted by Gasteiger charge is -2.40. The molecule has 0 spiro atoms. The largest absolute Gasteiger partial charge is 0.481 e. The summed E-state index contributed by atoms with van der Waals surface area (Å²) in [7, 11) is 0. The number of carboxylic acids is 1. The van der Waals surface area contributed by atoms with Gasteiger partial charge in [0.05, 0.1) is 11.8 Å². The fraction of sp³-hybridized carbons (Fsp3) is 0.400. The van der Waals surface area contributed by atoms with Crippen molar-refractivity contribution in [3.63, 3.8) is 0 Å². The highest BCUT2D eigenvalue weighted by Gasteiger charge is 2.53. The van der Waals surface area contributed by atoms with Gasteiger partial charge in [0, 0.05) is 31.5 Å². The second-order valence-corrected chi connectivity index (χ2v) is 9.13. The van der Waals surface area contributed by atoms with Gasteiger partial charge in [0.2, 0.25) is 5.91 Å². The number of benzene rings is 2. The zero-order valence-corrected chi connectivity index (χ0v) is 17.8. The molecule has 2 amide bonds. The maximum Gasteiger partial charge on any atom is 0.407 e. The average molecular weight is 434 g/mol. The van der Waals surface area contributed by atoms with Gasteiger partial charge in [0.1, 0.15) is 6.61 Å². The second-order valence-electron chi connectivity index (χ2n) is 9.13. The normalized spacial score (nSPS) is 18.3. The van der Waals surface area contributed by atoms with Gasteiger partial charge >= 0.3 is 12.1 Å². The van der Waals surface area contributed by atoms with Crippen LogP contribution in [0, 0.1) is 11.3 Å². The number of carbonyl (C=O) groups is 3. The van der Waals surface area contributed by atoms with Crippen molar-refractivity contribution >= 4 is 18.0 Å². The number of alkyl carbamates (subject to hydrolysis) is 1. The van der Waals surface area contributed by atoms with E-state index >= 15 is 0 Å². The van der Waals surface area contributed by atoms with Crippen molar-refractivity contribution in [2.45, 2.75) is 25.2 Å². The van der Waals surface area contributed by atoms with Gasteiger partial charge in [-0.1, -0.05) is 48.5 Å². The first kappa shape index (κ1) is 20.5. The van der Waals surface area contributed by atoms with Crippen molar-refractivity contribution in [2.24, 2.45) is 11.3 Å². The number of nitrogens with zero attached hydrogens (tertiary/aromatic N) is 1. The minimum Gasteiger partial charge on any atom is -0.481 e. The van der Waals surface area contributed by atoms with Crippen LogP contribution in [0.1, 0.15) is 36.3 Å². The van der Waals surface area contributed by atoms with E-state index in [9.17, 15) is 14.4 Å². The van der Waals surface area contributed by atoms with E-state index in [-0.39, 0.29) is 37.3 Å². The molecule has 0 atom stereocenters. The number of carboxylic acid groups (broad SMARTS) is 1. The van der Waals surface area contributed by atoms with Gasteiger partial charge in [-0.3, -0.25) is 9.59 Å². The lowest BCUT2D eigenvalue weighted by Crippen LogP contribution is -2.54. The highest BCUT2D eigenvalue weighted by molar-refractivity contribution is 5.87. The van der Waals surface area contributed by atoms with Crippen LogP contribution >= 0.6 is 0 Å². The Hall–Kier alpha value is -3.35. The Kier molecular flexibility index (Phi) is 5.12. The first-order chi connectivity index (χ1) is 15.5. The molecule has 166 valence electrons. The third-order valence-corrected chi connectivity index (χ3v) is 6.93. The fourth-order valence-corrected chi connectivity index (χ4v) is 4.96. The first-order valence-electron chi connectivity index (χ1n) is 11.1. The third-order valence-electron chi connectivity index (χ3n) is 6.93. The number of rotatable bonds is 7. The Balaban J connectivity index is 1.14. The van der Waals surface area contributed by atoms with Gasteiger partial charge in [-0.2, -0.15) is 0 Å². The topological polar surface area (TPSA) is 95.9 Å². The van der Waals surface area contributed by atoms with Gasteiger partial charge in [0.25, 0.3) is 0 Å². The summed E-state index contributed by atoms with van der Waals surface area (Å²) in [5, 5.41) is 11.6. The van der Waals surface area contributed by atoms with Crippen LogP contribution in [-0.4, -0.2) is 54.2 Å². The molecule has 1 aliphatic heterocycles. The summed E-state index contributed by atoms with van der Waals surface area (Å²) in [5.41, 5.74) is 4.11. The summed E-state index contributed by atoms with van der Waals surface area (Å²) in [6.45, 7) is 1.46. The number of hydrogen-bond acceptors (Lipinski definition) is 4. The van der Waals surface area contributed by atoms with Crippen molar-refractivity contribution in [3.8, 4) is 11.1 Å². The van der Waals surface area contributed by atoms with Crippen molar-refractivity contribution in [2.75, 3.05) is 26.2 Å². The molecule has 7 nitrogen and oxygen atoms in total. The van der Waals surface area contributed by atoms with E-state index in [0.29, 0.717) is 13.1 Å². The molecule has 1 saturated heterocycles. The summed E-state index contributed by atoms with van der Waals surface area (Å²) in [5.74, 6) is -0.794. The molecule has 5 rings (SSSR count). The number of carbonyl (C=O) groups excluding carboxylic acids is 2. The predicted molar refractivity (Wildman–Crippen MR) is 117 cm³/mol. The Labute approximate surface area is 186 Å². The van der Waals surface area contributed by atoms with Crippen LogP contribution in [0.5, 0.6) is 0 Å². The molecule has 2 fully saturated rings. The summed E-state index contributed by atoms with van der Waals surface area (Å²) in [4.78, 5) is 37.7. The highest BCUT2D eigenvalue weighted by atomic mass is 16.5. The molecule has 2 aliphatic carbocycles. The number of amides is 2. The van der Waals surface area contributed by atoms with Gasteiger partial charge in [-0.05, 0) is 35.1 Å². The summed E-state index contributed by atoms with van der Waals surface area (Å²) in [6, 6.07) is 16.3. The van der Waals surface area contributed by atoms with E-state index in [2.05, 4.69) is 29.6 Å². The number of likely N-dealkylation sites (tertiary alicyclic amines) is 1. The molecule has 2 N–H and O–H groups in total. The Morgan fingerprint density at radius 1 is 1.00 bits per heavy atom. The van der Waals surface area contributed by atoms with Crippen LogP contribution in [0.4, 0.5) is 4.79 Å². The fourth-order valence-electron chi connectivity index (χ4n) is 4.96. The number of aliphatic carboxylic acids is 1. The molecule has 3 aliphatic rings. The molecule has 0 bridgehead atoms. The van der Waals surface area contributed by atoms with Crippen LogP contribution in [-0.2, 0) is 14.3 Å². The molecule has 1 heterocycles. The Bertz CT molecular complexity index is 1030. The summed E-state index contributed by atoms with van der Waals surface area (Å²) in [6.07, 6.45) is 1.04. The van der Waals surface area contributed by atoms with Gasteiger partial charge < -0.3 is 20.1 Å². The van der Waals surface area contributed by atoms with Crippen molar-refractivity contribution in [1.29, 1.82) is 0 Å². The molecule has 2 aromatic rings. The molecule has 1 saturated carbocycles. The molecular weight excluding hydrogens is 408 g/mol. The minimum absolute atomic E-state index is 0.00285. The van der Waals surface area contributed by atoms with Crippen molar-refractivity contribution < 1.29 is 24.2 Å². The predicted octanol–water partition coefficient (Wildman–Crippen LogP) is 3.24. The van der Waals surface area contributed by atoms with Crippen LogP contribution in [0.2, 0.25) is 0 Å². The maximum absolute atomic E-state index is 12.8. The zero-order valence-electron chi connectivity index (χ0n) is 17.8. The zero-order chi connectivity index (χ0) is 22.3. The smallest absolute Gasteiger partial charge is 0.407 e. The molecule has 0 unspecified atom stereocenters. The van der Waals surface area contributed by atoms with E-state index in [0.717, 1.165) is 24.0 Å². The number of fused-ring (bicyclic) bond motifs is 3. The van der Waals surface area contributed by atoms with E-state index in [1.54, 1.807) is 4.90 Å². The van der Waals surface area contributed by atoms with E-state index in [1.807, 2.05) is 24.3 Å². The number of nitrogens with one attached hydrogen (secondary N) is 1. The second kappa shape index (κ2) is 7.97. The molecule has 0 radical (unpaired) electrons. The van der Waals surface area contributed by atoms with Crippen LogP contribution in [0.3, 0.4) is 0 Å². The standard InChI is InChI=1S/C25H26N2O5/c28-22(29)11-16-12-27(13-16)23(30)25(9-10-25)15-26-24(31)32-14-21-19-7-3-1-5-17(19)18-6-2-4-8-20(18)21/h1-8,16,21H,9-15H2,(H,26,31)(H,28,29). The summed E-state index contributed by atoms with van der Waals surface area (Å²) >= 11 is 0. The van der Waals surface area contributed by atoms with E-state index in [1.165, 1.54) is 11.1 Å². The molecule has 0 aromatic heterocycles. The number of hydrogen-bond donors (Lipinski definition) is 2. The lowest BCUT2D eigenvalue weighted by molar-refractivity contribution is -0.148. The Morgan fingerprint density at radius 2 is 1.59 bits per heavy atom. The van der Waals surface area contributed by atoms with Crippen LogP contribution in [0.15, 0.2) is 48.5 Å². The van der Waals surface area contributed by atoms with Crippen LogP contribution in [0.25, 0.3) is 11.1 Å². The third kappa shape index (κ3) is 3.72. The van der Waals surface area contributed by atoms with Gasteiger partial charge in [-0.25, -0.2) is 4.79 Å². The monoisotopic (exact) mass is 434 g/mol. The first-order valence-corrected chi connectivity index (χ1v) is 11.1. The SMILES string of the molecule is O=C(O)CC1CN(C(=O)C2(CNC(=O)OCC3c4ccccc4-c4ccccc43)CC2)C1. The number of ether oxygens (including phenoxy) is 1. The average Bonchev–Trinajstić information content (AvgIpc) is 3.49. The lowest BCUT2D eigenvalue weighted by atomic mass is 9.93. The van der Waals surface area contributed by atoms with Gasteiger partial charge in [-0.15, -0.1) is 0 Å². The quantitative estimate of drug-likeness (QED) is 0.698. The van der Waals surface area contributed by atoms with Crippen LogP contribution < -0.4 is 5.32 Å². The molecule has 7 heteroatoms. The van der Waals surface area contributed by atoms with E-state index in [4.69, 9.17) is 9.84 Å². The van der Waals surface area contributed by atoms with Gasteiger partial charge in [0.15, 0.2) is 0 Å². The Morgan fingerprint density at radius 3 is 2.16 bits per heavy atom. The molecule has 32 heavy (non-hydrogen) atoms. The summed E-state index contributed by atoms with van der Waals surface area (Å²) < 4.78 is 5.56. The maximum atomic E-state index is 12.8. The minimum atomic E-state index is -0.833. The molecular formula is C25H26N2O5. The van der Waals surface area contributed by atoms with Crippen molar-refractivity contribution in [1.82, 2.24) is 10.2 Å². The highest BCUT2D eigenvalue weighted by Crippen LogP contribution is 2.48. The molecule has 2 aromatic carbocycles. The van der Waals surface area contributed by atoms with E-state index < -0.39 is 17.5 Å². The van der Waals surface area contributed by atoms with Crippen molar-refractivity contribution in [3.05, 3.63) is 59.7 Å².